The van der Waals surface area contributed by atoms with E-state index in [4.69, 9.17) is 0 Å². The molecule has 2 aliphatic heterocycles. The highest BCUT2D eigenvalue weighted by atomic mass is 32.2. The van der Waals surface area contributed by atoms with E-state index in [9.17, 15) is 13.2 Å². The molecule has 0 radical (unpaired) electrons. The standard InChI is InChI=1S/C16H31N3O3S/c1-14-12-17(6-5-11-23(3,21)22)13-16(14)19-8-4-7-18(9-10-19)15(2)20/h14,16H,4-13H2,1-3H3. The van der Waals surface area contributed by atoms with Gasteiger partial charge >= 0.3 is 0 Å². The molecule has 2 saturated heterocycles. The monoisotopic (exact) mass is 345 g/mol. The Hall–Kier alpha value is -0.660. The number of hydrogen-bond acceptors (Lipinski definition) is 5. The van der Waals surface area contributed by atoms with Crippen LogP contribution in [0, 0.1) is 5.92 Å². The molecule has 2 atom stereocenters. The SMILES string of the molecule is CC(=O)N1CCCN(C2CN(CCCS(C)(=O)=O)CC2C)CC1. The largest absolute Gasteiger partial charge is 0.342 e. The topological polar surface area (TPSA) is 60.9 Å². The van der Waals surface area contributed by atoms with Crippen LogP contribution in [-0.2, 0) is 14.6 Å². The van der Waals surface area contributed by atoms with Crippen LogP contribution in [0.4, 0.5) is 0 Å². The second kappa shape index (κ2) is 7.94. The molecule has 1 amide bonds. The highest BCUT2D eigenvalue weighted by Crippen LogP contribution is 2.23. The number of rotatable bonds is 5. The number of likely N-dealkylation sites (tertiary alicyclic amines) is 1. The summed E-state index contributed by atoms with van der Waals surface area (Å²) in [6.07, 6.45) is 3.06. The van der Waals surface area contributed by atoms with Gasteiger partial charge in [-0.1, -0.05) is 6.92 Å². The summed E-state index contributed by atoms with van der Waals surface area (Å²) in [6, 6.07) is 0.528. The third-order valence-corrected chi connectivity index (χ3v) is 6.11. The average Bonchev–Trinajstić information content (AvgIpc) is 2.66. The lowest BCUT2D eigenvalue weighted by Gasteiger charge is -2.30. The smallest absolute Gasteiger partial charge is 0.219 e. The first-order valence-corrected chi connectivity index (χ1v) is 10.7. The quantitative estimate of drug-likeness (QED) is 0.717. The van der Waals surface area contributed by atoms with Crippen LogP contribution in [-0.4, -0.2) is 92.9 Å². The van der Waals surface area contributed by atoms with Crippen molar-refractivity contribution in [1.29, 1.82) is 0 Å². The molecule has 2 rings (SSSR count). The summed E-state index contributed by atoms with van der Waals surface area (Å²) in [5.41, 5.74) is 0. The lowest BCUT2D eigenvalue weighted by molar-refractivity contribution is -0.128. The van der Waals surface area contributed by atoms with Crippen LogP contribution in [0.25, 0.3) is 0 Å². The molecule has 2 fully saturated rings. The van der Waals surface area contributed by atoms with Crippen molar-refractivity contribution in [3.63, 3.8) is 0 Å². The van der Waals surface area contributed by atoms with Gasteiger partial charge in [-0.15, -0.1) is 0 Å². The minimum Gasteiger partial charge on any atom is -0.342 e. The molecule has 0 N–H and O–H groups in total. The van der Waals surface area contributed by atoms with Gasteiger partial charge in [0, 0.05) is 58.5 Å². The molecule has 6 nitrogen and oxygen atoms in total. The molecular formula is C16H31N3O3S. The second-order valence-electron chi connectivity index (χ2n) is 7.18. The van der Waals surface area contributed by atoms with Crippen LogP contribution in [0.5, 0.6) is 0 Å². The predicted octanol–water partition coefficient (Wildman–Crippen LogP) is 0.296. The van der Waals surface area contributed by atoms with Crippen LogP contribution < -0.4 is 0 Å². The molecule has 0 aromatic rings. The maximum absolute atomic E-state index is 11.5. The Bertz CT molecular complexity index is 509. The zero-order chi connectivity index (χ0) is 17.0. The number of carbonyl (C=O) groups is 1. The molecule has 0 saturated carbocycles. The average molecular weight is 346 g/mol. The Morgan fingerprint density at radius 3 is 2.52 bits per heavy atom. The normalized spacial score (nSPS) is 28.0. The summed E-state index contributed by atoms with van der Waals surface area (Å²) >= 11 is 0. The van der Waals surface area contributed by atoms with E-state index in [1.54, 1.807) is 6.92 Å². The van der Waals surface area contributed by atoms with Crippen molar-refractivity contribution in [1.82, 2.24) is 14.7 Å². The van der Waals surface area contributed by atoms with E-state index in [2.05, 4.69) is 16.7 Å². The highest BCUT2D eigenvalue weighted by Gasteiger charge is 2.34. The first-order chi connectivity index (χ1) is 10.8. The second-order valence-corrected chi connectivity index (χ2v) is 9.44. The number of hydrogen-bond donors (Lipinski definition) is 0. The van der Waals surface area contributed by atoms with Gasteiger partial charge in [-0.2, -0.15) is 0 Å². The van der Waals surface area contributed by atoms with E-state index in [1.807, 2.05) is 4.90 Å². The van der Waals surface area contributed by atoms with E-state index in [1.165, 1.54) is 6.26 Å². The molecule has 7 heteroatoms. The van der Waals surface area contributed by atoms with Crippen molar-refractivity contribution in [2.75, 3.05) is 57.8 Å². The summed E-state index contributed by atoms with van der Waals surface area (Å²) < 4.78 is 22.5. The summed E-state index contributed by atoms with van der Waals surface area (Å²) in [6.45, 7) is 10.6. The van der Waals surface area contributed by atoms with Gasteiger partial charge in [-0.05, 0) is 25.3 Å². The lowest BCUT2D eigenvalue weighted by Crippen LogP contribution is -2.43. The third-order valence-electron chi connectivity index (χ3n) is 5.08. The number of nitrogens with zero attached hydrogens (tertiary/aromatic N) is 3. The molecule has 134 valence electrons. The van der Waals surface area contributed by atoms with Crippen molar-refractivity contribution in [2.45, 2.75) is 32.7 Å². The molecule has 23 heavy (non-hydrogen) atoms. The van der Waals surface area contributed by atoms with Gasteiger partial charge in [0.1, 0.15) is 9.84 Å². The van der Waals surface area contributed by atoms with E-state index in [-0.39, 0.29) is 11.7 Å². The number of carbonyl (C=O) groups excluding carboxylic acids is 1. The Labute approximate surface area is 140 Å². The fraction of sp³-hybridized carbons (Fsp3) is 0.938. The summed E-state index contributed by atoms with van der Waals surface area (Å²) in [7, 11) is -2.86. The van der Waals surface area contributed by atoms with Gasteiger partial charge in [0.25, 0.3) is 0 Å². The van der Waals surface area contributed by atoms with E-state index in [0.29, 0.717) is 12.0 Å². The predicted molar refractivity (Wildman–Crippen MR) is 92.2 cm³/mol. The maximum atomic E-state index is 11.5. The van der Waals surface area contributed by atoms with E-state index < -0.39 is 9.84 Å². The van der Waals surface area contributed by atoms with Crippen LogP contribution in [0.2, 0.25) is 0 Å². The molecule has 2 aliphatic rings. The van der Waals surface area contributed by atoms with Gasteiger partial charge in [0.15, 0.2) is 0 Å². The minimum absolute atomic E-state index is 0.175. The van der Waals surface area contributed by atoms with Gasteiger partial charge < -0.3 is 9.80 Å². The van der Waals surface area contributed by atoms with Gasteiger partial charge in [-0.3, -0.25) is 9.69 Å². The zero-order valence-corrected chi connectivity index (χ0v) is 15.5. The first kappa shape index (κ1) is 18.7. The van der Waals surface area contributed by atoms with Crippen molar-refractivity contribution >= 4 is 15.7 Å². The zero-order valence-electron chi connectivity index (χ0n) is 14.7. The van der Waals surface area contributed by atoms with Crippen molar-refractivity contribution in [3.8, 4) is 0 Å². The molecule has 2 heterocycles. The summed E-state index contributed by atoms with van der Waals surface area (Å²) in [4.78, 5) is 18.4. The van der Waals surface area contributed by atoms with Crippen molar-refractivity contribution in [2.24, 2.45) is 5.92 Å². The van der Waals surface area contributed by atoms with E-state index in [0.717, 1.165) is 58.7 Å². The van der Waals surface area contributed by atoms with Gasteiger partial charge in [0.05, 0.1) is 5.75 Å². The first-order valence-electron chi connectivity index (χ1n) is 8.66. The fourth-order valence-electron chi connectivity index (χ4n) is 3.84. The molecular weight excluding hydrogens is 314 g/mol. The van der Waals surface area contributed by atoms with Crippen molar-refractivity contribution in [3.05, 3.63) is 0 Å². The Kier molecular flexibility index (Phi) is 6.45. The lowest BCUT2D eigenvalue weighted by atomic mass is 10.0. The Balaban J connectivity index is 1.82. The highest BCUT2D eigenvalue weighted by molar-refractivity contribution is 7.90. The van der Waals surface area contributed by atoms with E-state index >= 15 is 0 Å². The van der Waals surface area contributed by atoms with Crippen LogP contribution in [0.1, 0.15) is 26.7 Å². The van der Waals surface area contributed by atoms with Crippen molar-refractivity contribution < 1.29 is 13.2 Å². The molecule has 0 aromatic heterocycles. The van der Waals surface area contributed by atoms with Crippen LogP contribution >= 0.6 is 0 Å². The molecule has 0 spiro atoms. The Morgan fingerprint density at radius 1 is 1.13 bits per heavy atom. The fourth-order valence-corrected chi connectivity index (χ4v) is 4.49. The molecule has 2 unspecified atom stereocenters. The van der Waals surface area contributed by atoms with Crippen LogP contribution in [0.3, 0.4) is 0 Å². The third kappa shape index (κ3) is 5.72. The number of sulfone groups is 1. The maximum Gasteiger partial charge on any atom is 0.219 e. The molecule has 0 aromatic carbocycles. The summed E-state index contributed by atoms with van der Waals surface area (Å²) in [5.74, 6) is 1.05. The molecule has 0 aliphatic carbocycles. The van der Waals surface area contributed by atoms with Crippen LogP contribution in [0.15, 0.2) is 0 Å². The molecule has 0 bridgehead atoms. The Morgan fingerprint density at radius 2 is 1.87 bits per heavy atom. The summed E-state index contributed by atoms with van der Waals surface area (Å²) in [5, 5.41) is 0. The minimum atomic E-state index is -2.86. The number of amides is 1. The van der Waals surface area contributed by atoms with Gasteiger partial charge in [-0.25, -0.2) is 8.42 Å². The van der Waals surface area contributed by atoms with Gasteiger partial charge in [0.2, 0.25) is 5.91 Å².